The summed E-state index contributed by atoms with van der Waals surface area (Å²) >= 11 is 0. The lowest BCUT2D eigenvalue weighted by Gasteiger charge is -2.33. The minimum Gasteiger partial charge on any atom is -0.370 e. The van der Waals surface area contributed by atoms with Crippen LogP contribution in [0, 0.1) is 0 Å². The summed E-state index contributed by atoms with van der Waals surface area (Å²) in [6.07, 6.45) is 3.27. The number of anilines is 1. The van der Waals surface area contributed by atoms with Gasteiger partial charge in [0.25, 0.3) is 5.91 Å². The van der Waals surface area contributed by atoms with E-state index in [1.54, 1.807) is 12.1 Å². The quantitative estimate of drug-likeness (QED) is 0.781. The molecule has 2 heterocycles. The van der Waals surface area contributed by atoms with Gasteiger partial charge >= 0.3 is 0 Å². The largest absolute Gasteiger partial charge is 0.370 e. The van der Waals surface area contributed by atoms with Crippen LogP contribution in [0.2, 0.25) is 0 Å². The van der Waals surface area contributed by atoms with E-state index >= 15 is 0 Å². The number of benzene rings is 1. The van der Waals surface area contributed by atoms with Gasteiger partial charge < -0.3 is 11.1 Å². The van der Waals surface area contributed by atoms with Crippen LogP contribution in [0.1, 0.15) is 60.2 Å². The van der Waals surface area contributed by atoms with E-state index in [-0.39, 0.29) is 11.8 Å². The summed E-state index contributed by atoms with van der Waals surface area (Å²) in [5, 5.41) is 2.80. The van der Waals surface area contributed by atoms with Gasteiger partial charge in [-0.15, -0.1) is 0 Å². The van der Waals surface area contributed by atoms with E-state index < -0.39 is 5.67 Å². The molecule has 29 heavy (non-hydrogen) atoms. The third-order valence-corrected chi connectivity index (χ3v) is 5.22. The Morgan fingerprint density at radius 1 is 1.31 bits per heavy atom. The predicted octanol–water partition coefficient (Wildman–Crippen LogP) is 3.33. The molecule has 1 aliphatic rings. The number of nitrogens with one attached hydrogen (secondary N) is 1. The van der Waals surface area contributed by atoms with Crippen LogP contribution in [0.25, 0.3) is 0 Å². The molecule has 0 spiro atoms. The molecule has 1 aliphatic heterocycles. The Morgan fingerprint density at radius 2 is 2.07 bits per heavy atom. The SMILES string of the molecule is CC1CN(CCC(N)=O)Cc2cc(C(=O)Nc3cncc(C(C)(C)F)c3)ccc21. The van der Waals surface area contributed by atoms with Gasteiger partial charge in [-0.2, -0.15) is 0 Å². The molecular weight excluding hydrogens is 371 g/mol. The van der Waals surface area contributed by atoms with Crippen molar-refractivity contribution in [1.82, 2.24) is 9.88 Å². The highest BCUT2D eigenvalue weighted by Gasteiger charge is 2.24. The maximum Gasteiger partial charge on any atom is 0.255 e. The van der Waals surface area contributed by atoms with Gasteiger partial charge in [0.1, 0.15) is 5.67 Å². The number of hydrogen-bond acceptors (Lipinski definition) is 4. The van der Waals surface area contributed by atoms with Crippen LogP contribution in [0.5, 0.6) is 0 Å². The normalized spacial score (nSPS) is 16.9. The molecule has 0 aliphatic carbocycles. The van der Waals surface area contributed by atoms with Crippen LogP contribution in [0.15, 0.2) is 36.7 Å². The Hall–Kier alpha value is -2.80. The highest BCUT2D eigenvalue weighted by atomic mass is 19.1. The highest BCUT2D eigenvalue weighted by Crippen LogP contribution is 2.29. The number of hydrogen-bond donors (Lipinski definition) is 2. The fraction of sp³-hybridized carbons (Fsp3) is 0.409. The molecule has 3 N–H and O–H groups in total. The number of fused-ring (bicyclic) bond motifs is 1. The van der Waals surface area contributed by atoms with E-state index in [0.29, 0.717) is 42.2 Å². The fourth-order valence-electron chi connectivity index (χ4n) is 3.63. The van der Waals surface area contributed by atoms with Crippen molar-refractivity contribution in [3.8, 4) is 0 Å². The zero-order valence-electron chi connectivity index (χ0n) is 17.0. The minimum absolute atomic E-state index is 0.273. The van der Waals surface area contributed by atoms with Crippen molar-refractivity contribution in [1.29, 1.82) is 0 Å². The molecule has 1 unspecified atom stereocenters. The molecule has 0 saturated heterocycles. The van der Waals surface area contributed by atoms with E-state index in [1.165, 1.54) is 31.8 Å². The summed E-state index contributed by atoms with van der Waals surface area (Å²) in [7, 11) is 0. The summed E-state index contributed by atoms with van der Waals surface area (Å²) in [5.74, 6) is -0.286. The number of carbonyl (C=O) groups excluding carboxylic acids is 2. The Bertz CT molecular complexity index is 923. The van der Waals surface area contributed by atoms with Gasteiger partial charge in [-0.3, -0.25) is 19.5 Å². The monoisotopic (exact) mass is 398 g/mol. The first kappa shape index (κ1) is 20.9. The lowest BCUT2D eigenvalue weighted by molar-refractivity contribution is -0.118. The lowest BCUT2D eigenvalue weighted by Crippen LogP contribution is -2.35. The van der Waals surface area contributed by atoms with E-state index in [2.05, 4.69) is 22.1 Å². The van der Waals surface area contributed by atoms with Crippen LogP contribution in [-0.2, 0) is 17.0 Å². The zero-order valence-corrected chi connectivity index (χ0v) is 17.0. The van der Waals surface area contributed by atoms with E-state index in [1.807, 2.05) is 12.1 Å². The standard InChI is InChI=1S/C22H27FN4O2/c1-14-12-27(7-6-20(24)28)13-16-8-15(4-5-19(14)16)21(29)26-18-9-17(10-25-11-18)22(2,3)23/h4-5,8-11,14H,6-7,12-13H2,1-3H3,(H2,24,28)(H,26,29). The molecule has 1 aromatic carbocycles. The first-order valence-corrected chi connectivity index (χ1v) is 9.73. The Labute approximate surface area is 170 Å². The van der Waals surface area contributed by atoms with Crippen LogP contribution < -0.4 is 11.1 Å². The minimum atomic E-state index is -1.54. The number of aromatic nitrogens is 1. The molecule has 0 radical (unpaired) electrons. The topological polar surface area (TPSA) is 88.3 Å². The Kier molecular flexibility index (Phi) is 5.98. The molecule has 3 rings (SSSR count). The molecule has 1 atom stereocenters. The van der Waals surface area contributed by atoms with Crippen LogP contribution in [0.3, 0.4) is 0 Å². The average Bonchev–Trinajstić information content (AvgIpc) is 2.65. The Balaban J connectivity index is 1.76. The predicted molar refractivity (Wildman–Crippen MR) is 110 cm³/mol. The molecule has 154 valence electrons. The second kappa shape index (κ2) is 8.29. The summed E-state index contributed by atoms with van der Waals surface area (Å²) in [6.45, 7) is 7.15. The van der Waals surface area contributed by atoms with E-state index in [9.17, 15) is 14.0 Å². The number of nitrogens with two attached hydrogens (primary N) is 1. The first-order chi connectivity index (χ1) is 13.6. The number of rotatable bonds is 6. The second-order valence-corrected chi connectivity index (χ2v) is 8.15. The van der Waals surface area contributed by atoms with Crippen molar-refractivity contribution in [3.63, 3.8) is 0 Å². The molecular formula is C22H27FN4O2. The molecule has 7 heteroatoms. The molecule has 0 bridgehead atoms. The highest BCUT2D eigenvalue weighted by molar-refractivity contribution is 6.04. The lowest BCUT2D eigenvalue weighted by atomic mass is 9.89. The number of halogens is 1. The number of alkyl halides is 1. The van der Waals surface area contributed by atoms with Crippen molar-refractivity contribution in [2.75, 3.05) is 18.4 Å². The van der Waals surface area contributed by atoms with Crippen molar-refractivity contribution >= 4 is 17.5 Å². The fourth-order valence-corrected chi connectivity index (χ4v) is 3.63. The molecule has 6 nitrogen and oxygen atoms in total. The van der Waals surface area contributed by atoms with Gasteiger partial charge in [0.15, 0.2) is 0 Å². The van der Waals surface area contributed by atoms with Gasteiger partial charge in [-0.05, 0) is 49.1 Å². The summed E-state index contributed by atoms with van der Waals surface area (Å²) in [6, 6.07) is 7.27. The third-order valence-electron chi connectivity index (χ3n) is 5.22. The van der Waals surface area contributed by atoms with Crippen molar-refractivity contribution in [3.05, 3.63) is 58.9 Å². The summed E-state index contributed by atoms with van der Waals surface area (Å²) in [5.41, 5.74) is 7.38. The second-order valence-electron chi connectivity index (χ2n) is 8.15. The third kappa shape index (κ3) is 5.17. The van der Waals surface area contributed by atoms with Gasteiger partial charge in [-0.1, -0.05) is 13.0 Å². The maximum atomic E-state index is 14.1. The average molecular weight is 398 g/mol. The van der Waals surface area contributed by atoms with E-state index in [4.69, 9.17) is 5.73 Å². The first-order valence-electron chi connectivity index (χ1n) is 9.73. The zero-order chi connectivity index (χ0) is 21.2. The van der Waals surface area contributed by atoms with Gasteiger partial charge in [0, 0.05) is 43.4 Å². The van der Waals surface area contributed by atoms with Gasteiger partial charge in [0.2, 0.25) is 5.91 Å². The van der Waals surface area contributed by atoms with Crippen LogP contribution in [-0.4, -0.2) is 34.8 Å². The number of primary amides is 1. The number of pyridine rings is 1. The number of amides is 2. The molecule has 1 aromatic heterocycles. The van der Waals surface area contributed by atoms with Crippen molar-refractivity contribution < 1.29 is 14.0 Å². The van der Waals surface area contributed by atoms with Crippen molar-refractivity contribution in [2.24, 2.45) is 5.73 Å². The maximum absolute atomic E-state index is 14.1. The van der Waals surface area contributed by atoms with Crippen molar-refractivity contribution in [2.45, 2.75) is 45.3 Å². The van der Waals surface area contributed by atoms with Crippen LogP contribution in [0.4, 0.5) is 10.1 Å². The number of carbonyl (C=O) groups is 2. The number of nitrogens with zero attached hydrogens (tertiary/aromatic N) is 2. The molecule has 0 saturated carbocycles. The smallest absolute Gasteiger partial charge is 0.255 e. The molecule has 2 amide bonds. The van der Waals surface area contributed by atoms with Gasteiger partial charge in [-0.25, -0.2) is 4.39 Å². The molecule has 0 fully saturated rings. The van der Waals surface area contributed by atoms with E-state index in [0.717, 1.165) is 12.1 Å². The van der Waals surface area contributed by atoms with Gasteiger partial charge in [0.05, 0.1) is 11.9 Å². The summed E-state index contributed by atoms with van der Waals surface area (Å²) < 4.78 is 14.1. The summed E-state index contributed by atoms with van der Waals surface area (Å²) in [4.78, 5) is 30.0. The Morgan fingerprint density at radius 3 is 2.76 bits per heavy atom. The molecule has 2 aromatic rings. The van der Waals surface area contributed by atoms with Crippen LogP contribution >= 0.6 is 0 Å².